The van der Waals surface area contributed by atoms with Crippen LogP contribution in [-0.4, -0.2) is 31.7 Å². The third-order valence-corrected chi connectivity index (χ3v) is 4.73. The Morgan fingerprint density at radius 2 is 2.12 bits per heavy atom. The van der Waals surface area contributed by atoms with Crippen molar-refractivity contribution in [2.75, 3.05) is 37.0 Å². The van der Waals surface area contributed by atoms with Crippen molar-refractivity contribution in [3.63, 3.8) is 0 Å². The largest absolute Gasteiger partial charge is 0.495 e. The van der Waals surface area contributed by atoms with Gasteiger partial charge in [0.25, 0.3) is 0 Å². The molecule has 4 nitrogen and oxygen atoms in total. The molecule has 0 aliphatic carbocycles. The van der Waals surface area contributed by atoms with Crippen LogP contribution in [0, 0.1) is 5.92 Å². The van der Waals surface area contributed by atoms with Crippen molar-refractivity contribution in [3.8, 4) is 5.75 Å². The Morgan fingerprint density at radius 1 is 1.35 bits per heavy atom. The van der Waals surface area contributed by atoms with Crippen molar-refractivity contribution in [2.45, 2.75) is 12.6 Å². The summed E-state index contributed by atoms with van der Waals surface area (Å²) in [6.07, 6.45) is -2.69. The molecule has 140 valence electrons. The van der Waals surface area contributed by atoms with E-state index in [4.69, 9.17) is 16.3 Å². The van der Waals surface area contributed by atoms with Gasteiger partial charge in [-0.15, -0.1) is 0 Å². The molecular weight excluding hydrogens is 367 g/mol. The van der Waals surface area contributed by atoms with Crippen LogP contribution in [0.15, 0.2) is 36.5 Å². The average molecular weight is 386 g/mol. The number of nitrogens with zero attached hydrogens (tertiary/aromatic N) is 2. The zero-order valence-corrected chi connectivity index (χ0v) is 14.9. The summed E-state index contributed by atoms with van der Waals surface area (Å²) in [7, 11) is 1.65. The maximum absolute atomic E-state index is 12.7. The minimum Gasteiger partial charge on any atom is -0.495 e. The van der Waals surface area contributed by atoms with Crippen LogP contribution >= 0.6 is 11.6 Å². The highest BCUT2D eigenvalue weighted by atomic mass is 35.5. The fourth-order valence-corrected chi connectivity index (χ4v) is 3.31. The number of halogens is 4. The lowest BCUT2D eigenvalue weighted by Crippen LogP contribution is -2.23. The number of nitrogens with one attached hydrogen (secondary N) is 1. The van der Waals surface area contributed by atoms with Crippen molar-refractivity contribution in [1.29, 1.82) is 0 Å². The van der Waals surface area contributed by atoms with E-state index in [1.807, 2.05) is 24.3 Å². The number of aromatic nitrogens is 1. The minimum absolute atomic E-state index is 0.0283. The highest BCUT2D eigenvalue weighted by Gasteiger charge is 2.31. The average Bonchev–Trinajstić information content (AvgIpc) is 3.08. The standard InChI is InChI=1S/C18H19ClF3N3O/c1-26-16-5-3-2-4-15(16)25-7-6-12(11-25)9-23-17-14(19)8-13(10-24-17)18(20,21)22/h2-5,8,10,12H,6-7,9,11H2,1H3,(H,23,24). The maximum Gasteiger partial charge on any atom is 0.417 e. The van der Waals surface area contributed by atoms with Crippen LogP contribution in [-0.2, 0) is 6.18 Å². The van der Waals surface area contributed by atoms with Crippen LogP contribution in [0.5, 0.6) is 5.75 Å². The van der Waals surface area contributed by atoms with Gasteiger partial charge in [0.15, 0.2) is 0 Å². The molecular formula is C18H19ClF3N3O. The number of pyridine rings is 1. The van der Waals surface area contributed by atoms with Crippen molar-refractivity contribution >= 4 is 23.1 Å². The van der Waals surface area contributed by atoms with Gasteiger partial charge in [-0.25, -0.2) is 4.98 Å². The summed E-state index contributed by atoms with van der Waals surface area (Å²) in [6.45, 7) is 2.30. The van der Waals surface area contributed by atoms with Gasteiger partial charge < -0.3 is 15.0 Å². The Bertz CT molecular complexity index is 770. The summed E-state index contributed by atoms with van der Waals surface area (Å²) >= 11 is 5.93. The second-order valence-corrected chi connectivity index (χ2v) is 6.61. The lowest BCUT2D eigenvalue weighted by molar-refractivity contribution is -0.137. The summed E-state index contributed by atoms with van der Waals surface area (Å²) in [4.78, 5) is 6.06. The second kappa shape index (κ2) is 7.61. The minimum atomic E-state index is -4.45. The molecule has 0 spiro atoms. The molecule has 1 atom stereocenters. The van der Waals surface area contributed by atoms with Crippen molar-refractivity contribution < 1.29 is 17.9 Å². The van der Waals surface area contributed by atoms with E-state index >= 15 is 0 Å². The van der Waals surface area contributed by atoms with E-state index in [9.17, 15) is 13.2 Å². The number of ether oxygens (including phenoxy) is 1. The molecule has 26 heavy (non-hydrogen) atoms. The van der Waals surface area contributed by atoms with E-state index in [0.29, 0.717) is 12.5 Å². The molecule has 1 unspecified atom stereocenters. The van der Waals surface area contributed by atoms with Crippen LogP contribution in [0.4, 0.5) is 24.7 Å². The number of alkyl halides is 3. The lowest BCUT2D eigenvalue weighted by Gasteiger charge is -2.21. The summed E-state index contributed by atoms with van der Waals surface area (Å²) in [5.41, 5.74) is 0.194. The molecule has 0 radical (unpaired) electrons. The Morgan fingerprint density at radius 3 is 2.81 bits per heavy atom. The predicted molar refractivity (Wildman–Crippen MR) is 96.1 cm³/mol. The summed E-state index contributed by atoms with van der Waals surface area (Å²) in [5, 5.41) is 3.04. The van der Waals surface area contributed by atoms with Gasteiger partial charge >= 0.3 is 6.18 Å². The van der Waals surface area contributed by atoms with Crippen LogP contribution < -0.4 is 15.0 Å². The first-order chi connectivity index (χ1) is 12.4. The van der Waals surface area contributed by atoms with Crippen molar-refractivity contribution in [3.05, 3.63) is 47.1 Å². The fraction of sp³-hybridized carbons (Fsp3) is 0.389. The zero-order valence-electron chi connectivity index (χ0n) is 14.2. The predicted octanol–water partition coefficient (Wildman–Crippen LogP) is 4.70. The first-order valence-electron chi connectivity index (χ1n) is 8.23. The number of methoxy groups -OCH3 is 1. The number of benzene rings is 1. The highest BCUT2D eigenvalue weighted by Crippen LogP contribution is 2.34. The SMILES string of the molecule is COc1ccccc1N1CCC(CNc2ncc(C(F)(F)F)cc2Cl)C1. The van der Waals surface area contributed by atoms with Gasteiger partial charge in [0.05, 0.1) is 23.4 Å². The van der Waals surface area contributed by atoms with Crippen LogP contribution in [0.1, 0.15) is 12.0 Å². The molecule has 1 aliphatic heterocycles. The normalized spacial score (nSPS) is 17.4. The van der Waals surface area contributed by atoms with E-state index in [1.54, 1.807) is 7.11 Å². The third kappa shape index (κ3) is 4.15. The smallest absolute Gasteiger partial charge is 0.417 e. The number of hydrogen-bond donors (Lipinski definition) is 1. The molecule has 1 N–H and O–H groups in total. The van der Waals surface area contributed by atoms with Gasteiger partial charge in [-0.3, -0.25) is 0 Å². The summed E-state index contributed by atoms with van der Waals surface area (Å²) < 4.78 is 43.4. The van der Waals surface area contributed by atoms with Gasteiger partial charge in [-0.1, -0.05) is 23.7 Å². The Hall–Kier alpha value is -2.15. The molecule has 2 heterocycles. The monoisotopic (exact) mass is 385 g/mol. The Labute approximate surface area is 154 Å². The van der Waals surface area contributed by atoms with E-state index < -0.39 is 11.7 Å². The number of hydrogen-bond acceptors (Lipinski definition) is 4. The molecule has 3 rings (SSSR count). The highest BCUT2D eigenvalue weighted by molar-refractivity contribution is 6.32. The summed E-state index contributed by atoms with van der Waals surface area (Å²) in [5.74, 6) is 1.43. The third-order valence-electron chi connectivity index (χ3n) is 4.44. The Kier molecular flexibility index (Phi) is 5.46. The van der Waals surface area contributed by atoms with Gasteiger partial charge in [-0.05, 0) is 30.5 Å². The first kappa shape index (κ1) is 18.6. The van der Waals surface area contributed by atoms with E-state index in [-0.39, 0.29) is 10.8 Å². The first-order valence-corrected chi connectivity index (χ1v) is 8.61. The van der Waals surface area contributed by atoms with Crippen molar-refractivity contribution in [2.24, 2.45) is 5.92 Å². The molecule has 2 aromatic rings. The van der Waals surface area contributed by atoms with Gasteiger partial charge in [0, 0.05) is 25.8 Å². The number of rotatable bonds is 5. The van der Waals surface area contributed by atoms with Crippen LogP contribution in [0.3, 0.4) is 0 Å². The quantitative estimate of drug-likeness (QED) is 0.809. The van der Waals surface area contributed by atoms with Crippen LogP contribution in [0.25, 0.3) is 0 Å². The second-order valence-electron chi connectivity index (χ2n) is 6.21. The molecule has 0 bridgehead atoms. The molecule has 1 aromatic carbocycles. The van der Waals surface area contributed by atoms with Crippen LogP contribution in [0.2, 0.25) is 5.02 Å². The molecule has 1 aliphatic rings. The van der Waals surface area contributed by atoms with Gasteiger partial charge in [0.2, 0.25) is 0 Å². The molecule has 1 aromatic heterocycles. The molecule has 1 saturated heterocycles. The molecule has 0 saturated carbocycles. The Balaban J connectivity index is 1.60. The molecule has 8 heteroatoms. The molecule has 0 amide bonds. The topological polar surface area (TPSA) is 37.4 Å². The van der Waals surface area contributed by atoms with E-state index in [0.717, 1.165) is 43.2 Å². The van der Waals surface area contributed by atoms with Gasteiger partial charge in [-0.2, -0.15) is 13.2 Å². The maximum atomic E-state index is 12.7. The van der Waals surface area contributed by atoms with E-state index in [1.165, 1.54) is 0 Å². The lowest BCUT2D eigenvalue weighted by atomic mass is 10.1. The number of anilines is 2. The van der Waals surface area contributed by atoms with Gasteiger partial charge in [0.1, 0.15) is 11.6 Å². The molecule has 1 fully saturated rings. The summed E-state index contributed by atoms with van der Waals surface area (Å²) in [6, 6.07) is 8.73. The fourth-order valence-electron chi connectivity index (χ4n) is 3.07. The van der Waals surface area contributed by atoms with E-state index in [2.05, 4.69) is 15.2 Å². The number of para-hydroxylation sites is 2. The zero-order chi connectivity index (χ0) is 18.7. The van der Waals surface area contributed by atoms with Crippen molar-refractivity contribution in [1.82, 2.24) is 4.98 Å².